The van der Waals surface area contributed by atoms with Gasteiger partial charge in [-0.3, -0.25) is 4.79 Å². The van der Waals surface area contributed by atoms with Crippen molar-refractivity contribution in [3.63, 3.8) is 0 Å². The Kier molecular flexibility index (Phi) is 4.01. The van der Waals surface area contributed by atoms with Crippen LogP contribution in [-0.4, -0.2) is 5.78 Å². The number of hydrogen-bond acceptors (Lipinski definition) is 1. The van der Waals surface area contributed by atoms with E-state index in [4.69, 9.17) is 11.6 Å². The van der Waals surface area contributed by atoms with Crippen molar-refractivity contribution in [2.45, 2.75) is 20.3 Å². The molecule has 19 heavy (non-hydrogen) atoms. The Bertz CT molecular complexity index is 594. The van der Waals surface area contributed by atoms with Crippen LogP contribution in [0.1, 0.15) is 27.0 Å². The highest BCUT2D eigenvalue weighted by Crippen LogP contribution is 2.19. The van der Waals surface area contributed by atoms with Gasteiger partial charge in [0.15, 0.2) is 5.78 Å². The Balaban J connectivity index is 2.28. The first-order valence-electron chi connectivity index (χ1n) is 6.02. The van der Waals surface area contributed by atoms with Crippen molar-refractivity contribution in [2.24, 2.45) is 0 Å². The van der Waals surface area contributed by atoms with Crippen LogP contribution in [0, 0.1) is 19.7 Å². The standard InChI is InChI=1S/C16H14ClFO/c1-10-7-11(2)16(14(18)8-10)15(19)9-12-3-5-13(17)6-4-12/h3-8H,9H2,1-2H3. The van der Waals surface area contributed by atoms with E-state index in [0.29, 0.717) is 10.6 Å². The van der Waals surface area contributed by atoms with Crippen LogP contribution in [0.25, 0.3) is 0 Å². The quantitative estimate of drug-likeness (QED) is 0.753. The molecule has 0 aromatic heterocycles. The minimum Gasteiger partial charge on any atom is -0.294 e. The van der Waals surface area contributed by atoms with E-state index in [1.807, 2.05) is 13.0 Å². The molecular formula is C16H14ClFO. The largest absolute Gasteiger partial charge is 0.294 e. The first kappa shape index (κ1) is 13.8. The molecule has 0 amide bonds. The van der Waals surface area contributed by atoms with E-state index in [1.165, 1.54) is 6.07 Å². The van der Waals surface area contributed by atoms with Crippen LogP contribution in [-0.2, 0) is 6.42 Å². The minimum absolute atomic E-state index is 0.179. The zero-order valence-electron chi connectivity index (χ0n) is 10.8. The van der Waals surface area contributed by atoms with Crippen molar-refractivity contribution in [3.05, 3.63) is 69.5 Å². The second-order valence-corrected chi connectivity index (χ2v) is 5.10. The lowest BCUT2D eigenvalue weighted by Crippen LogP contribution is -2.09. The maximum atomic E-state index is 13.9. The Morgan fingerprint density at radius 3 is 2.37 bits per heavy atom. The number of benzene rings is 2. The summed E-state index contributed by atoms with van der Waals surface area (Å²) in [5.74, 6) is -0.659. The molecule has 0 saturated heterocycles. The van der Waals surface area contributed by atoms with Gasteiger partial charge < -0.3 is 0 Å². The van der Waals surface area contributed by atoms with Crippen molar-refractivity contribution in [1.82, 2.24) is 0 Å². The lowest BCUT2D eigenvalue weighted by Gasteiger charge is -2.08. The van der Waals surface area contributed by atoms with E-state index in [0.717, 1.165) is 11.1 Å². The van der Waals surface area contributed by atoms with Gasteiger partial charge in [-0.1, -0.05) is 29.8 Å². The normalized spacial score (nSPS) is 10.5. The molecule has 0 aliphatic heterocycles. The fourth-order valence-electron chi connectivity index (χ4n) is 2.14. The molecule has 0 unspecified atom stereocenters. The van der Waals surface area contributed by atoms with Crippen LogP contribution in [0.5, 0.6) is 0 Å². The Labute approximate surface area is 117 Å². The van der Waals surface area contributed by atoms with Gasteiger partial charge in [-0.25, -0.2) is 4.39 Å². The molecule has 0 saturated carbocycles. The van der Waals surface area contributed by atoms with Crippen LogP contribution >= 0.6 is 11.6 Å². The summed E-state index contributed by atoms with van der Waals surface area (Å²) in [6, 6.07) is 10.2. The molecule has 0 radical (unpaired) electrons. The third-order valence-electron chi connectivity index (χ3n) is 2.99. The number of carbonyl (C=O) groups excluding carboxylic acids is 1. The number of hydrogen-bond donors (Lipinski definition) is 0. The first-order valence-corrected chi connectivity index (χ1v) is 6.39. The summed E-state index contributed by atoms with van der Waals surface area (Å²) < 4.78 is 13.9. The van der Waals surface area contributed by atoms with Gasteiger partial charge >= 0.3 is 0 Å². The number of carbonyl (C=O) groups is 1. The van der Waals surface area contributed by atoms with Crippen LogP contribution in [0.15, 0.2) is 36.4 Å². The predicted molar refractivity (Wildman–Crippen MR) is 75.4 cm³/mol. The van der Waals surface area contributed by atoms with Gasteiger partial charge in [0.2, 0.25) is 0 Å². The second-order valence-electron chi connectivity index (χ2n) is 4.67. The van der Waals surface area contributed by atoms with Gasteiger partial charge in [0.05, 0.1) is 5.56 Å². The molecule has 0 aliphatic carbocycles. The predicted octanol–water partition coefficient (Wildman–Crippen LogP) is 4.52. The van der Waals surface area contributed by atoms with Gasteiger partial charge in [0, 0.05) is 11.4 Å². The fraction of sp³-hybridized carbons (Fsp3) is 0.188. The Hall–Kier alpha value is -1.67. The smallest absolute Gasteiger partial charge is 0.170 e. The lowest BCUT2D eigenvalue weighted by molar-refractivity contribution is 0.0988. The third-order valence-corrected chi connectivity index (χ3v) is 3.24. The summed E-state index contributed by atoms with van der Waals surface area (Å²) in [5.41, 5.74) is 2.50. The summed E-state index contributed by atoms with van der Waals surface area (Å²) in [7, 11) is 0. The lowest BCUT2D eigenvalue weighted by atomic mass is 9.97. The molecule has 2 rings (SSSR count). The van der Waals surface area contributed by atoms with Crippen LogP contribution in [0.3, 0.4) is 0 Å². The molecule has 0 bridgehead atoms. The molecule has 0 atom stereocenters. The summed E-state index contributed by atoms with van der Waals surface area (Å²) in [5, 5.41) is 0.619. The molecule has 2 aromatic rings. The topological polar surface area (TPSA) is 17.1 Å². The molecule has 0 spiro atoms. The van der Waals surface area contributed by atoms with Crippen LogP contribution < -0.4 is 0 Å². The molecule has 98 valence electrons. The molecule has 3 heteroatoms. The first-order chi connectivity index (χ1) is 8.97. The van der Waals surface area contributed by atoms with Crippen molar-refractivity contribution in [2.75, 3.05) is 0 Å². The van der Waals surface area contributed by atoms with E-state index >= 15 is 0 Å². The summed E-state index contributed by atoms with van der Waals surface area (Å²) in [6.07, 6.45) is 0.179. The molecule has 0 heterocycles. The van der Waals surface area contributed by atoms with Gasteiger partial charge in [-0.05, 0) is 48.7 Å². The second kappa shape index (κ2) is 5.54. The van der Waals surface area contributed by atoms with Gasteiger partial charge in [0.25, 0.3) is 0 Å². The highest BCUT2D eigenvalue weighted by Gasteiger charge is 2.15. The number of rotatable bonds is 3. The summed E-state index contributed by atoms with van der Waals surface area (Å²) in [6.45, 7) is 3.56. The molecular weight excluding hydrogens is 263 g/mol. The summed E-state index contributed by atoms with van der Waals surface area (Å²) >= 11 is 5.79. The Morgan fingerprint density at radius 1 is 1.16 bits per heavy atom. The molecule has 0 fully saturated rings. The fourth-order valence-corrected chi connectivity index (χ4v) is 2.27. The molecule has 0 N–H and O–H groups in total. The molecule has 1 nitrogen and oxygen atoms in total. The average molecular weight is 277 g/mol. The number of aryl methyl sites for hydroxylation is 2. The number of Topliss-reactive ketones (excluding diaryl/α,β-unsaturated/α-hetero) is 1. The van der Waals surface area contributed by atoms with E-state index in [1.54, 1.807) is 31.2 Å². The van der Waals surface area contributed by atoms with Crippen LogP contribution in [0.4, 0.5) is 4.39 Å². The van der Waals surface area contributed by atoms with E-state index in [9.17, 15) is 9.18 Å². The van der Waals surface area contributed by atoms with E-state index in [-0.39, 0.29) is 17.8 Å². The monoisotopic (exact) mass is 276 g/mol. The SMILES string of the molecule is Cc1cc(C)c(C(=O)Cc2ccc(Cl)cc2)c(F)c1. The van der Waals surface area contributed by atoms with Crippen molar-refractivity contribution < 1.29 is 9.18 Å². The van der Waals surface area contributed by atoms with Gasteiger partial charge in [-0.2, -0.15) is 0 Å². The number of halogens is 2. The van der Waals surface area contributed by atoms with E-state index < -0.39 is 5.82 Å². The molecule has 2 aromatic carbocycles. The summed E-state index contributed by atoms with van der Waals surface area (Å²) in [4.78, 5) is 12.2. The van der Waals surface area contributed by atoms with Gasteiger partial charge in [-0.15, -0.1) is 0 Å². The van der Waals surface area contributed by atoms with Crippen LogP contribution in [0.2, 0.25) is 5.02 Å². The maximum Gasteiger partial charge on any atom is 0.170 e. The highest BCUT2D eigenvalue weighted by atomic mass is 35.5. The van der Waals surface area contributed by atoms with Crippen molar-refractivity contribution in [1.29, 1.82) is 0 Å². The average Bonchev–Trinajstić information content (AvgIpc) is 2.30. The third kappa shape index (κ3) is 3.21. The van der Waals surface area contributed by atoms with Crippen molar-refractivity contribution >= 4 is 17.4 Å². The van der Waals surface area contributed by atoms with Crippen molar-refractivity contribution in [3.8, 4) is 0 Å². The highest BCUT2D eigenvalue weighted by molar-refractivity contribution is 6.30. The molecule has 0 aliphatic rings. The number of ketones is 1. The zero-order valence-corrected chi connectivity index (χ0v) is 11.6. The van der Waals surface area contributed by atoms with Gasteiger partial charge in [0.1, 0.15) is 5.82 Å². The van der Waals surface area contributed by atoms with E-state index in [2.05, 4.69) is 0 Å². The Morgan fingerprint density at radius 2 is 1.79 bits per heavy atom. The maximum absolute atomic E-state index is 13.9. The minimum atomic E-state index is -0.448. The zero-order chi connectivity index (χ0) is 14.0.